The molecule has 3 fully saturated rings. The summed E-state index contributed by atoms with van der Waals surface area (Å²) in [5.41, 5.74) is 1.08. The molecule has 2 saturated heterocycles. The molecule has 0 unspecified atom stereocenters. The first-order chi connectivity index (χ1) is 13.7. The Labute approximate surface area is 168 Å². The fourth-order valence-corrected chi connectivity index (χ4v) is 7.01. The zero-order valence-electron chi connectivity index (χ0n) is 15.9. The monoisotopic (exact) mass is 399 g/mol. The molecule has 2 aromatic rings. The Morgan fingerprint density at radius 1 is 1.29 bits per heavy atom. The summed E-state index contributed by atoms with van der Waals surface area (Å²) in [6.07, 6.45) is 9.74. The molecule has 3 aliphatic heterocycles. The number of oxazole rings is 1. The number of carbonyl (C=O) groups is 1. The van der Waals surface area contributed by atoms with Gasteiger partial charge in [-0.3, -0.25) is 4.79 Å². The van der Waals surface area contributed by atoms with Crippen molar-refractivity contribution >= 4 is 23.3 Å². The lowest BCUT2D eigenvalue weighted by Gasteiger charge is -2.43. The second-order valence-electron chi connectivity index (χ2n) is 8.65. The zero-order valence-corrected chi connectivity index (χ0v) is 16.7. The van der Waals surface area contributed by atoms with E-state index in [4.69, 9.17) is 9.15 Å². The number of hydrogen-bond donors (Lipinski definition) is 0. The quantitative estimate of drug-likeness (QED) is 0.774. The highest BCUT2D eigenvalue weighted by Gasteiger charge is 2.45. The smallest absolute Gasteiger partial charge is 0.297 e. The van der Waals surface area contributed by atoms with Gasteiger partial charge in [0.1, 0.15) is 11.9 Å². The van der Waals surface area contributed by atoms with E-state index in [-0.39, 0.29) is 11.5 Å². The van der Waals surface area contributed by atoms with Gasteiger partial charge in [-0.15, -0.1) is 11.3 Å². The van der Waals surface area contributed by atoms with Gasteiger partial charge in [-0.2, -0.15) is 0 Å². The fourth-order valence-electron chi connectivity index (χ4n) is 5.65. The molecule has 4 aliphatic rings. The molecule has 0 N–H and O–H groups in total. The van der Waals surface area contributed by atoms with Crippen LogP contribution in [0.5, 0.6) is 0 Å². The maximum atomic E-state index is 13.2. The van der Waals surface area contributed by atoms with Gasteiger partial charge in [0.25, 0.3) is 11.9 Å². The summed E-state index contributed by atoms with van der Waals surface area (Å²) in [7, 11) is 0. The molecular weight excluding hydrogens is 374 g/mol. The predicted octanol–water partition coefficient (Wildman–Crippen LogP) is 3.43. The number of likely N-dealkylation sites (tertiary alicyclic amines) is 1. The Balaban J connectivity index is 1.25. The number of thiophene rings is 1. The van der Waals surface area contributed by atoms with Gasteiger partial charge in [0.05, 0.1) is 17.7 Å². The Morgan fingerprint density at radius 3 is 2.89 bits per heavy atom. The molecule has 5 heterocycles. The number of anilines is 1. The van der Waals surface area contributed by atoms with Crippen LogP contribution in [0.1, 0.15) is 52.2 Å². The number of piperidine rings is 2. The molecule has 6 rings (SSSR count). The third-order valence-corrected chi connectivity index (χ3v) is 8.47. The van der Waals surface area contributed by atoms with Crippen molar-refractivity contribution in [2.45, 2.75) is 50.2 Å². The Morgan fingerprint density at radius 2 is 2.18 bits per heavy atom. The lowest BCUT2D eigenvalue weighted by atomic mass is 9.85. The highest BCUT2D eigenvalue weighted by Crippen LogP contribution is 2.47. The van der Waals surface area contributed by atoms with Crippen molar-refractivity contribution in [3.63, 3.8) is 0 Å². The van der Waals surface area contributed by atoms with E-state index in [1.54, 1.807) is 23.8 Å². The van der Waals surface area contributed by atoms with Crippen LogP contribution in [0, 0.1) is 5.92 Å². The first-order valence-corrected chi connectivity index (χ1v) is 11.3. The first kappa shape index (κ1) is 17.0. The van der Waals surface area contributed by atoms with Crippen LogP contribution in [0.4, 0.5) is 6.01 Å². The molecule has 1 amide bonds. The number of rotatable bonds is 2. The number of ether oxygens (including phenoxy) is 1. The molecule has 2 aromatic heterocycles. The van der Waals surface area contributed by atoms with Crippen LogP contribution in [-0.2, 0) is 16.8 Å². The standard InChI is InChI=1S/C21H25N3O3S/c25-19(24-13-14-1-2-16(24)11-14)17-12-15-3-9-27-21(18(15)28-17)4-7-23(8-5-21)20-22-6-10-26-20/h6,10,12,14,16H,1-5,7-9,11,13H2/t14-,16-/m0/s1. The molecule has 0 radical (unpaired) electrons. The van der Waals surface area contributed by atoms with E-state index in [0.29, 0.717) is 12.1 Å². The summed E-state index contributed by atoms with van der Waals surface area (Å²) in [5.74, 6) is 0.983. The number of amides is 1. The van der Waals surface area contributed by atoms with E-state index in [2.05, 4.69) is 20.9 Å². The van der Waals surface area contributed by atoms with Gasteiger partial charge in [-0.25, -0.2) is 4.98 Å². The van der Waals surface area contributed by atoms with Gasteiger partial charge in [-0.05, 0) is 56.1 Å². The normalized spacial score (nSPS) is 28.1. The number of fused-ring (bicyclic) bond motifs is 4. The van der Waals surface area contributed by atoms with Crippen molar-refractivity contribution in [3.8, 4) is 0 Å². The maximum absolute atomic E-state index is 13.2. The molecular formula is C21H25N3O3S. The predicted molar refractivity (Wildman–Crippen MR) is 106 cm³/mol. The van der Waals surface area contributed by atoms with Crippen LogP contribution >= 0.6 is 11.3 Å². The highest BCUT2D eigenvalue weighted by atomic mass is 32.1. The third-order valence-electron chi connectivity index (χ3n) is 7.11. The molecule has 6 nitrogen and oxygen atoms in total. The summed E-state index contributed by atoms with van der Waals surface area (Å²) in [4.78, 5) is 24.0. The minimum atomic E-state index is -0.246. The van der Waals surface area contributed by atoms with E-state index < -0.39 is 0 Å². The van der Waals surface area contributed by atoms with Crippen molar-refractivity contribution in [2.24, 2.45) is 5.92 Å². The molecule has 0 aromatic carbocycles. The van der Waals surface area contributed by atoms with E-state index in [1.807, 2.05) is 0 Å². The molecule has 28 heavy (non-hydrogen) atoms. The van der Waals surface area contributed by atoms with Crippen molar-refractivity contribution in [2.75, 3.05) is 31.1 Å². The van der Waals surface area contributed by atoms with Crippen molar-refractivity contribution in [3.05, 3.63) is 33.8 Å². The lowest BCUT2D eigenvalue weighted by molar-refractivity contribution is -0.0738. The van der Waals surface area contributed by atoms with Crippen molar-refractivity contribution in [1.82, 2.24) is 9.88 Å². The Bertz CT molecular complexity index is 885. The van der Waals surface area contributed by atoms with Gasteiger partial charge in [-0.1, -0.05) is 0 Å². The summed E-state index contributed by atoms with van der Waals surface area (Å²) in [5, 5.41) is 0. The third kappa shape index (κ3) is 2.55. The average molecular weight is 400 g/mol. The summed E-state index contributed by atoms with van der Waals surface area (Å²) >= 11 is 1.69. The minimum absolute atomic E-state index is 0.246. The Hall–Kier alpha value is -1.86. The molecule has 1 spiro atoms. The van der Waals surface area contributed by atoms with Crippen LogP contribution in [0.3, 0.4) is 0 Å². The van der Waals surface area contributed by atoms with Gasteiger partial charge >= 0.3 is 0 Å². The number of aromatic nitrogens is 1. The number of nitrogens with zero attached hydrogens (tertiary/aromatic N) is 3. The van der Waals surface area contributed by atoms with Crippen LogP contribution in [0.15, 0.2) is 22.9 Å². The molecule has 1 aliphatic carbocycles. The SMILES string of the molecule is O=C(c1cc2c(s1)C1(CCN(c3ncco3)CC1)OCC2)N1C[C@H]2CC[C@H]1C2. The van der Waals surface area contributed by atoms with E-state index in [0.717, 1.165) is 56.3 Å². The average Bonchev–Trinajstić information content (AvgIpc) is 3.52. The largest absolute Gasteiger partial charge is 0.432 e. The second kappa shape index (κ2) is 6.32. The minimum Gasteiger partial charge on any atom is -0.432 e. The summed E-state index contributed by atoms with van der Waals surface area (Å²) < 4.78 is 11.8. The second-order valence-corrected chi connectivity index (χ2v) is 9.70. The number of carbonyl (C=O) groups excluding carboxylic acids is 1. The maximum Gasteiger partial charge on any atom is 0.297 e. The van der Waals surface area contributed by atoms with E-state index in [1.165, 1.54) is 29.7 Å². The zero-order chi connectivity index (χ0) is 18.7. The van der Waals surface area contributed by atoms with Crippen molar-refractivity contribution < 1.29 is 13.9 Å². The topological polar surface area (TPSA) is 58.8 Å². The van der Waals surface area contributed by atoms with Gasteiger partial charge in [0.15, 0.2) is 0 Å². The molecule has 1 saturated carbocycles. The van der Waals surface area contributed by atoms with E-state index >= 15 is 0 Å². The highest BCUT2D eigenvalue weighted by molar-refractivity contribution is 7.14. The van der Waals surface area contributed by atoms with Crippen LogP contribution in [0.2, 0.25) is 0 Å². The molecule has 2 atom stereocenters. The number of hydrogen-bond acceptors (Lipinski definition) is 6. The lowest BCUT2D eigenvalue weighted by Crippen LogP contribution is -2.46. The summed E-state index contributed by atoms with van der Waals surface area (Å²) in [6.45, 7) is 3.41. The first-order valence-electron chi connectivity index (χ1n) is 10.4. The molecule has 148 valence electrons. The van der Waals surface area contributed by atoms with Crippen LogP contribution in [0.25, 0.3) is 0 Å². The van der Waals surface area contributed by atoms with Gasteiger partial charge < -0.3 is 19.0 Å². The van der Waals surface area contributed by atoms with Crippen LogP contribution < -0.4 is 4.90 Å². The molecule has 2 bridgehead atoms. The summed E-state index contributed by atoms with van der Waals surface area (Å²) in [6, 6.07) is 3.34. The fraction of sp³-hybridized carbons (Fsp3) is 0.619. The van der Waals surface area contributed by atoms with Gasteiger partial charge in [0.2, 0.25) is 0 Å². The van der Waals surface area contributed by atoms with Gasteiger partial charge in [0, 0.05) is 30.6 Å². The van der Waals surface area contributed by atoms with E-state index in [9.17, 15) is 4.79 Å². The van der Waals surface area contributed by atoms with Crippen molar-refractivity contribution in [1.29, 1.82) is 0 Å². The molecule has 7 heteroatoms. The Kier molecular flexibility index (Phi) is 3.85. The van der Waals surface area contributed by atoms with Crippen LogP contribution in [-0.4, -0.2) is 48.1 Å².